The van der Waals surface area contributed by atoms with Crippen LogP contribution < -0.4 is 5.32 Å². The van der Waals surface area contributed by atoms with Gasteiger partial charge in [-0.05, 0) is 30.5 Å². The molecule has 2 heteroatoms. The Balaban J connectivity index is 1.37. The highest BCUT2D eigenvalue weighted by Gasteiger charge is 2.49. The lowest BCUT2D eigenvalue weighted by atomic mass is 9.76. The lowest BCUT2D eigenvalue weighted by Gasteiger charge is -2.30. The number of rotatable bonds is 5. The van der Waals surface area contributed by atoms with Gasteiger partial charge in [0.25, 0.3) is 0 Å². The molecule has 2 bridgehead atoms. The van der Waals surface area contributed by atoms with Crippen LogP contribution in [0.1, 0.15) is 24.0 Å². The van der Waals surface area contributed by atoms with E-state index in [1.54, 1.807) is 5.56 Å². The van der Waals surface area contributed by atoms with Crippen molar-refractivity contribution in [1.29, 1.82) is 0 Å². The van der Waals surface area contributed by atoms with Crippen LogP contribution in [0.25, 0.3) is 0 Å². The molecule has 2 aliphatic rings. The number of piperidine rings is 1. The highest BCUT2D eigenvalue weighted by Crippen LogP contribution is 2.46. The monoisotopic (exact) mass is 292 g/mol. The van der Waals surface area contributed by atoms with Gasteiger partial charge in [-0.15, -0.1) is 0 Å². The SMILES string of the molecule is c1ccc(CNC[C@@H]2C[C@@]3(c4ccccc4)CCN2C3)cc1. The van der Waals surface area contributed by atoms with Gasteiger partial charge in [0.05, 0.1) is 0 Å². The van der Waals surface area contributed by atoms with Crippen LogP contribution in [0.5, 0.6) is 0 Å². The minimum atomic E-state index is 0.417. The zero-order valence-corrected chi connectivity index (χ0v) is 13.0. The van der Waals surface area contributed by atoms with Gasteiger partial charge in [-0.1, -0.05) is 60.7 Å². The Morgan fingerprint density at radius 3 is 2.50 bits per heavy atom. The molecule has 0 amide bonds. The van der Waals surface area contributed by atoms with E-state index >= 15 is 0 Å². The van der Waals surface area contributed by atoms with Crippen molar-refractivity contribution >= 4 is 0 Å². The van der Waals surface area contributed by atoms with E-state index < -0.39 is 0 Å². The van der Waals surface area contributed by atoms with Gasteiger partial charge in [0.15, 0.2) is 0 Å². The second kappa shape index (κ2) is 5.86. The second-order valence-corrected chi connectivity index (χ2v) is 6.84. The first-order valence-electron chi connectivity index (χ1n) is 8.40. The van der Waals surface area contributed by atoms with Crippen molar-refractivity contribution in [1.82, 2.24) is 10.2 Å². The van der Waals surface area contributed by atoms with E-state index in [0.29, 0.717) is 11.5 Å². The topological polar surface area (TPSA) is 15.3 Å². The first-order valence-corrected chi connectivity index (χ1v) is 8.40. The van der Waals surface area contributed by atoms with E-state index in [9.17, 15) is 0 Å². The van der Waals surface area contributed by atoms with Gasteiger partial charge in [-0.25, -0.2) is 0 Å². The lowest BCUT2D eigenvalue weighted by molar-refractivity contribution is 0.250. The van der Waals surface area contributed by atoms with E-state index in [0.717, 1.165) is 13.1 Å². The zero-order valence-electron chi connectivity index (χ0n) is 13.0. The summed E-state index contributed by atoms with van der Waals surface area (Å²) in [4.78, 5) is 2.69. The summed E-state index contributed by atoms with van der Waals surface area (Å²) in [6, 6.07) is 22.5. The van der Waals surface area contributed by atoms with Crippen LogP contribution in [0.15, 0.2) is 60.7 Å². The van der Waals surface area contributed by atoms with Crippen molar-refractivity contribution in [3.63, 3.8) is 0 Å². The molecule has 0 aliphatic carbocycles. The maximum absolute atomic E-state index is 3.66. The van der Waals surface area contributed by atoms with Gasteiger partial charge in [-0.2, -0.15) is 0 Å². The zero-order chi connectivity index (χ0) is 14.8. The summed E-state index contributed by atoms with van der Waals surface area (Å²) < 4.78 is 0. The molecule has 0 radical (unpaired) electrons. The average Bonchev–Trinajstić information content (AvgIpc) is 3.16. The van der Waals surface area contributed by atoms with Gasteiger partial charge in [0.1, 0.15) is 0 Å². The Morgan fingerprint density at radius 1 is 1.00 bits per heavy atom. The fourth-order valence-corrected chi connectivity index (χ4v) is 4.29. The summed E-state index contributed by atoms with van der Waals surface area (Å²) in [7, 11) is 0. The Bertz CT molecular complexity index is 610. The average molecular weight is 292 g/mol. The van der Waals surface area contributed by atoms with Gasteiger partial charge in [-0.3, -0.25) is 4.90 Å². The van der Waals surface area contributed by atoms with Crippen LogP contribution in [0.3, 0.4) is 0 Å². The van der Waals surface area contributed by atoms with E-state index in [1.807, 2.05) is 0 Å². The molecule has 1 N–H and O–H groups in total. The third-order valence-corrected chi connectivity index (χ3v) is 5.46. The van der Waals surface area contributed by atoms with Gasteiger partial charge in [0, 0.05) is 31.1 Å². The minimum absolute atomic E-state index is 0.417. The largest absolute Gasteiger partial charge is 0.311 e. The number of hydrogen-bond donors (Lipinski definition) is 1. The van der Waals surface area contributed by atoms with Crippen LogP contribution in [0.4, 0.5) is 0 Å². The maximum atomic E-state index is 3.66. The molecule has 0 aromatic heterocycles. The highest BCUT2D eigenvalue weighted by atomic mass is 15.2. The molecule has 0 spiro atoms. The summed E-state index contributed by atoms with van der Waals surface area (Å²) in [6.45, 7) is 4.58. The van der Waals surface area contributed by atoms with Gasteiger partial charge < -0.3 is 5.32 Å². The molecule has 2 aliphatic heterocycles. The van der Waals surface area contributed by atoms with Crippen LogP contribution in [-0.4, -0.2) is 30.6 Å². The Morgan fingerprint density at radius 2 is 1.73 bits per heavy atom. The van der Waals surface area contributed by atoms with E-state index in [2.05, 4.69) is 70.9 Å². The normalized spacial score (nSPS) is 29.8. The van der Waals surface area contributed by atoms with Crippen molar-refractivity contribution in [3.05, 3.63) is 71.8 Å². The standard InChI is InChI=1S/C20H24N2/c1-3-7-17(8-4-1)14-21-15-19-13-20(11-12-22(19)16-20)18-9-5-2-6-10-18/h1-10,19,21H,11-16H2/t19-,20-/m0/s1. The minimum Gasteiger partial charge on any atom is -0.311 e. The molecular formula is C20H24N2. The summed E-state index contributed by atoms with van der Waals surface area (Å²) in [5.74, 6) is 0. The molecule has 2 aromatic carbocycles. The third-order valence-electron chi connectivity index (χ3n) is 5.46. The number of nitrogens with one attached hydrogen (secondary N) is 1. The molecule has 22 heavy (non-hydrogen) atoms. The maximum Gasteiger partial charge on any atom is 0.0230 e. The van der Waals surface area contributed by atoms with Gasteiger partial charge in [0.2, 0.25) is 0 Å². The predicted octanol–water partition coefficient (Wildman–Crippen LogP) is 3.19. The summed E-state index contributed by atoms with van der Waals surface area (Å²) in [5.41, 5.74) is 3.34. The van der Waals surface area contributed by atoms with Crippen molar-refractivity contribution in [3.8, 4) is 0 Å². The van der Waals surface area contributed by atoms with Crippen molar-refractivity contribution in [2.45, 2.75) is 30.8 Å². The Kier molecular flexibility index (Phi) is 3.73. The third kappa shape index (κ3) is 2.57. The fraction of sp³-hybridized carbons (Fsp3) is 0.400. The smallest absolute Gasteiger partial charge is 0.0230 e. The van der Waals surface area contributed by atoms with E-state index in [-0.39, 0.29) is 0 Å². The Labute approximate surface area is 133 Å². The van der Waals surface area contributed by atoms with E-state index in [4.69, 9.17) is 0 Å². The molecule has 2 fully saturated rings. The second-order valence-electron chi connectivity index (χ2n) is 6.84. The summed E-state index contributed by atoms with van der Waals surface area (Å²) in [5, 5.41) is 3.66. The molecule has 0 saturated carbocycles. The molecule has 4 rings (SSSR count). The molecule has 2 nitrogen and oxygen atoms in total. The van der Waals surface area contributed by atoms with Crippen molar-refractivity contribution in [2.75, 3.05) is 19.6 Å². The fourth-order valence-electron chi connectivity index (χ4n) is 4.29. The molecular weight excluding hydrogens is 268 g/mol. The molecule has 3 atom stereocenters. The molecule has 1 unspecified atom stereocenters. The molecule has 2 heterocycles. The number of nitrogens with zero attached hydrogens (tertiary/aromatic N) is 1. The molecule has 114 valence electrons. The van der Waals surface area contributed by atoms with Crippen LogP contribution in [-0.2, 0) is 12.0 Å². The van der Waals surface area contributed by atoms with E-state index in [1.165, 1.54) is 31.5 Å². The number of fused-ring (bicyclic) bond motifs is 2. The Hall–Kier alpha value is -1.64. The van der Waals surface area contributed by atoms with Crippen LogP contribution in [0, 0.1) is 0 Å². The predicted molar refractivity (Wildman–Crippen MR) is 90.9 cm³/mol. The number of hydrogen-bond acceptors (Lipinski definition) is 2. The number of benzene rings is 2. The van der Waals surface area contributed by atoms with Gasteiger partial charge >= 0.3 is 0 Å². The summed E-state index contributed by atoms with van der Waals surface area (Å²) in [6.07, 6.45) is 2.63. The first kappa shape index (κ1) is 14.0. The lowest BCUT2D eigenvalue weighted by Crippen LogP contribution is -2.39. The van der Waals surface area contributed by atoms with Crippen molar-refractivity contribution < 1.29 is 0 Å². The molecule has 2 aromatic rings. The van der Waals surface area contributed by atoms with Crippen LogP contribution >= 0.6 is 0 Å². The summed E-state index contributed by atoms with van der Waals surface area (Å²) >= 11 is 0. The first-order chi connectivity index (χ1) is 10.9. The highest BCUT2D eigenvalue weighted by molar-refractivity contribution is 5.30. The van der Waals surface area contributed by atoms with Crippen molar-refractivity contribution in [2.24, 2.45) is 0 Å². The molecule has 2 saturated heterocycles. The van der Waals surface area contributed by atoms with Crippen LogP contribution in [0.2, 0.25) is 0 Å². The quantitative estimate of drug-likeness (QED) is 0.910.